The van der Waals surface area contributed by atoms with E-state index in [2.05, 4.69) is 10.3 Å². The van der Waals surface area contributed by atoms with Crippen LogP contribution in [0.25, 0.3) is 10.9 Å². The van der Waals surface area contributed by atoms with E-state index in [4.69, 9.17) is 16.3 Å². The maximum atomic E-state index is 12.6. The van der Waals surface area contributed by atoms with Crippen molar-refractivity contribution < 1.29 is 4.74 Å². The summed E-state index contributed by atoms with van der Waals surface area (Å²) in [7, 11) is 1.66. The lowest BCUT2D eigenvalue weighted by Gasteiger charge is -2.18. The molecule has 2 aromatic rings. The van der Waals surface area contributed by atoms with Crippen molar-refractivity contribution in [3.8, 4) is 0 Å². The lowest BCUT2D eigenvalue weighted by Crippen LogP contribution is -2.32. The van der Waals surface area contributed by atoms with Crippen molar-refractivity contribution in [2.24, 2.45) is 0 Å². The lowest BCUT2D eigenvalue weighted by atomic mass is 10.2. The average molecular weight is 310 g/mol. The predicted molar refractivity (Wildman–Crippen MR) is 85.0 cm³/mol. The maximum Gasteiger partial charge on any atom is 0.261 e. The van der Waals surface area contributed by atoms with Crippen molar-refractivity contribution in [2.75, 3.05) is 20.3 Å². The number of halogens is 1. The summed E-state index contributed by atoms with van der Waals surface area (Å²) >= 11 is 6.00. The number of benzene rings is 1. The van der Waals surface area contributed by atoms with Gasteiger partial charge in [0.25, 0.3) is 5.56 Å². The van der Waals surface area contributed by atoms with Crippen LogP contribution in [0.3, 0.4) is 0 Å². The summed E-state index contributed by atoms with van der Waals surface area (Å²) in [5.74, 6) is 0.716. The Hall–Kier alpha value is -1.43. The predicted octanol–water partition coefficient (Wildman–Crippen LogP) is 2.37. The van der Waals surface area contributed by atoms with E-state index in [1.807, 2.05) is 13.8 Å². The Morgan fingerprint density at radius 3 is 2.90 bits per heavy atom. The van der Waals surface area contributed by atoms with Gasteiger partial charge in [0.15, 0.2) is 0 Å². The first-order valence-electron chi connectivity index (χ1n) is 7.00. The molecule has 1 heterocycles. The highest BCUT2D eigenvalue weighted by molar-refractivity contribution is 6.31. The molecule has 5 nitrogen and oxygen atoms in total. The monoisotopic (exact) mass is 309 g/mol. The number of ether oxygens (including phenoxy) is 1. The average Bonchev–Trinajstić information content (AvgIpc) is 2.46. The van der Waals surface area contributed by atoms with Gasteiger partial charge in [0.2, 0.25) is 0 Å². The molecule has 0 spiro atoms. The van der Waals surface area contributed by atoms with Crippen molar-refractivity contribution in [1.82, 2.24) is 14.9 Å². The van der Waals surface area contributed by atoms with Gasteiger partial charge in [-0.05, 0) is 32.0 Å². The second-order valence-corrected chi connectivity index (χ2v) is 5.29. The van der Waals surface area contributed by atoms with Gasteiger partial charge in [0.1, 0.15) is 5.82 Å². The van der Waals surface area contributed by atoms with Gasteiger partial charge in [-0.1, -0.05) is 11.6 Å². The van der Waals surface area contributed by atoms with E-state index in [0.29, 0.717) is 41.4 Å². The summed E-state index contributed by atoms with van der Waals surface area (Å²) in [6.45, 7) is 5.82. The van der Waals surface area contributed by atoms with Crippen LogP contribution in [0.1, 0.15) is 25.7 Å². The highest BCUT2D eigenvalue weighted by Crippen LogP contribution is 2.17. The van der Waals surface area contributed by atoms with Crippen molar-refractivity contribution >= 4 is 22.5 Å². The van der Waals surface area contributed by atoms with Crippen molar-refractivity contribution in [3.63, 3.8) is 0 Å². The zero-order valence-electron chi connectivity index (χ0n) is 12.5. The van der Waals surface area contributed by atoms with Crippen LogP contribution in [0, 0.1) is 0 Å². The lowest BCUT2D eigenvalue weighted by molar-refractivity contribution is 0.196. The van der Waals surface area contributed by atoms with Gasteiger partial charge in [-0.3, -0.25) is 9.36 Å². The molecule has 114 valence electrons. The first kappa shape index (κ1) is 15.9. The van der Waals surface area contributed by atoms with E-state index in [9.17, 15) is 4.79 Å². The van der Waals surface area contributed by atoms with Crippen molar-refractivity contribution in [1.29, 1.82) is 0 Å². The summed E-state index contributed by atoms with van der Waals surface area (Å²) in [6.07, 6.45) is 0. The third kappa shape index (κ3) is 3.43. The van der Waals surface area contributed by atoms with Gasteiger partial charge >= 0.3 is 0 Å². The van der Waals surface area contributed by atoms with Gasteiger partial charge in [-0.2, -0.15) is 0 Å². The quantitative estimate of drug-likeness (QED) is 0.832. The van der Waals surface area contributed by atoms with Crippen LogP contribution in [0.2, 0.25) is 5.02 Å². The summed E-state index contributed by atoms with van der Waals surface area (Å²) < 4.78 is 6.72. The molecule has 0 aliphatic rings. The number of aromatic nitrogens is 2. The largest absolute Gasteiger partial charge is 0.383 e. The minimum atomic E-state index is -0.0452. The Morgan fingerprint density at radius 1 is 1.48 bits per heavy atom. The SMILES string of the molecule is CCn1c(C(C)NCCOC)nc2cc(Cl)ccc2c1=O. The van der Waals surface area contributed by atoms with Gasteiger partial charge in [-0.15, -0.1) is 0 Å². The van der Waals surface area contributed by atoms with E-state index in [-0.39, 0.29) is 11.6 Å². The fourth-order valence-corrected chi connectivity index (χ4v) is 2.48. The third-order valence-corrected chi connectivity index (χ3v) is 3.64. The molecule has 1 aromatic heterocycles. The van der Waals surface area contributed by atoms with Crippen LogP contribution in [0.4, 0.5) is 0 Å². The molecule has 1 aromatic carbocycles. The number of methoxy groups -OCH3 is 1. The van der Waals surface area contributed by atoms with Crippen LogP contribution < -0.4 is 10.9 Å². The Balaban J connectivity index is 2.48. The molecule has 6 heteroatoms. The molecule has 0 aliphatic heterocycles. The van der Waals surface area contributed by atoms with Gasteiger partial charge in [0, 0.05) is 25.2 Å². The van der Waals surface area contributed by atoms with Gasteiger partial charge in [-0.25, -0.2) is 4.98 Å². The van der Waals surface area contributed by atoms with E-state index < -0.39 is 0 Å². The van der Waals surface area contributed by atoms with Gasteiger partial charge in [0.05, 0.1) is 23.6 Å². The fourth-order valence-electron chi connectivity index (χ4n) is 2.32. The van der Waals surface area contributed by atoms with Crippen LogP contribution in [-0.2, 0) is 11.3 Å². The summed E-state index contributed by atoms with van der Waals surface area (Å²) in [4.78, 5) is 17.2. The molecular weight excluding hydrogens is 290 g/mol. The summed E-state index contributed by atoms with van der Waals surface area (Å²) in [5.41, 5.74) is 0.599. The smallest absolute Gasteiger partial charge is 0.261 e. The Kier molecular flexibility index (Phi) is 5.33. The number of nitrogens with one attached hydrogen (secondary N) is 1. The molecule has 0 fully saturated rings. The molecule has 0 amide bonds. The number of hydrogen-bond acceptors (Lipinski definition) is 4. The molecule has 2 rings (SSSR count). The van der Waals surface area contributed by atoms with Gasteiger partial charge < -0.3 is 10.1 Å². The molecule has 0 saturated heterocycles. The molecule has 0 saturated carbocycles. The molecule has 1 atom stereocenters. The molecule has 21 heavy (non-hydrogen) atoms. The number of nitrogens with zero attached hydrogens (tertiary/aromatic N) is 2. The molecule has 1 unspecified atom stereocenters. The van der Waals surface area contributed by atoms with E-state index in [0.717, 1.165) is 0 Å². The molecule has 0 radical (unpaired) electrons. The molecule has 0 bridgehead atoms. The van der Waals surface area contributed by atoms with Crippen LogP contribution in [0.5, 0.6) is 0 Å². The summed E-state index contributed by atoms with van der Waals surface area (Å²) in [6, 6.07) is 5.12. The number of rotatable bonds is 6. The highest BCUT2D eigenvalue weighted by Gasteiger charge is 2.15. The van der Waals surface area contributed by atoms with Crippen molar-refractivity contribution in [2.45, 2.75) is 26.4 Å². The highest BCUT2D eigenvalue weighted by atomic mass is 35.5. The standard InChI is InChI=1S/C15H20ClN3O2/c1-4-19-14(10(2)17-7-8-21-3)18-13-9-11(16)5-6-12(13)15(19)20/h5-6,9-10,17H,4,7-8H2,1-3H3. The minimum absolute atomic E-state index is 0.0328. The van der Waals surface area contributed by atoms with Crippen LogP contribution in [0.15, 0.2) is 23.0 Å². The van der Waals surface area contributed by atoms with Crippen LogP contribution in [-0.4, -0.2) is 29.8 Å². The first-order valence-corrected chi connectivity index (χ1v) is 7.38. The summed E-state index contributed by atoms with van der Waals surface area (Å²) in [5, 5.41) is 4.47. The number of fused-ring (bicyclic) bond motifs is 1. The topological polar surface area (TPSA) is 56.1 Å². The second kappa shape index (κ2) is 7.02. The minimum Gasteiger partial charge on any atom is -0.383 e. The molecule has 1 N–H and O–H groups in total. The normalized spacial score (nSPS) is 12.8. The Bertz CT molecular complexity index is 684. The van der Waals surface area contributed by atoms with E-state index in [1.165, 1.54) is 0 Å². The zero-order chi connectivity index (χ0) is 15.4. The van der Waals surface area contributed by atoms with Crippen LogP contribution >= 0.6 is 11.6 Å². The van der Waals surface area contributed by atoms with E-state index in [1.54, 1.807) is 29.9 Å². The number of hydrogen-bond donors (Lipinski definition) is 1. The molecule has 0 aliphatic carbocycles. The Labute approximate surface area is 128 Å². The zero-order valence-corrected chi connectivity index (χ0v) is 13.3. The molecular formula is C15H20ClN3O2. The first-order chi connectivity index (χ1) is 10.1. The maximum absolute atomic E-state index is 12.6. The second-order valence-electron chi connectivity index (χ2n) is 4.85. The fraction of sp³-hybridized carbons (Fsp3) is 0.467. The Morgan fingerprint density at radius 2 is 2.24 bits per heavy atom. The van der Waals surface area contributed by atoms with Crippen molar-refractivity contribution in [3.05, 3.63) is 39.4 Å². The van der Waals surface area contributed by atoms with E-state index >= 15 is 0 Å². The third-order valence-electron chi connectivity index (χ3n) is 3.41.